The molecule has 3 rings (SSSR count). The van der Waals surface area contributed by atoms with E-state index in [2.05, 4.69) is 20.0 Å². The van der Waals surface area contributed by atoms with Gasteiger partial charge in [-0.3, -0.25) is 4.79 Å². The zero-order chi connectivity index (χ0) is 33.6. The van der Waals surface area contributed by atoms with Crippen molar-refractivity contribution in [3.05, 3.63) is 71.1 Å². The van der Waals surface area contributed by atoms with Gasteiger partial charge in [-0.05, 0) is 65.0 Å². The van der Waals surface area contributed by atoms with Crippen molar-refractivity contribution < 1.29 is 50.5 Å². The molecule has 0 bridgehead atoms. The average Bonchev–Trinajstić information content (AvgIpc) is 3.39. The number of sulfonamides is 1. The number of ether oxygens (including phenoxy) is 2. The second-order valence-electron chi connectivity index (χ2n) is 10.4. The molecule has 0 fully saturated rings. The van der Waals surface area contributed by atoms with E-state index in [9.17, 15) is 36.4 Å². The number of rotatable bonds is 11. The largest absolute Gasteiger partial charge is 0.569 e. The Bertz CT molecular complexity index is 1630. The molecule has 0 saturated carbocycles. The molecule has 1 heterocycles. The minimum atomic E-state index is -4.72. The topological polar surface area (TPSA) is 167 Å². The Balaban J connectivity index is 1.69. The lowest BCUT2D eigenvalue weighted by atomic mass is 10.1. The molecule has 1 N–H and O–H groups in total. The lowest BCUT2D eigenvalue weighted by molar-refractivity contribution is -0.709. The molecule has 0 aliphatic rings. The third kappa shape index (κ3) is 9.82. The van der Waals surface area contributed by atoms with Crippen LogP contribution in [0.1, 0.15) is 39.0 Å². The molecule has 3 aromatic rings. The summed E-state index contributed by atoms with van der Waals surface area (Å²) in [4.78, 5) is 28.0. The first kappa shape index (κ1) is 34.6. The molecule has 0 atom stereocenters. The minimum Gasteiger partial charge on any atom is -0.569 e. The molecule has 18 heteroatoms. The van der Waals surface area contributed by atoms with E-state index >= 15 is 0 Å². The number of hydrazine groups is 1. The minimum absolute atomic E-state index is 0.0987. The van der Waals surface area contributed by atoms with Gasteiger partial charge in [-0.15, -0.1) is 5.01 Å². The van der Waals surface area contributed by atoms with E-state index < -0.39 is 52.9 Å². The molecule has 0 aliphatic carbocycles. The predicted octanol–water partition coefficient (Wildman–Crippen LogP) is 4.71. The molecule has 0 saturated heterocycles. The number of aryl methyl sites for hydroxylation is 1. The van der Waals surface area contributed by atoms with Gasteiger partial charge < -0.3 is 19.5 Å². The lowest BCUT2D eigenvalue weighted by Crippen LogP contribution is -2.42. The van der Waals surface area contributed by atoms with E-state index in [0.29, 0.717) is 5.56 Å². The zero-order valence-electron chi connectivity index (χ0n) is 24.9. The summed E-state index contributed by atoms with van der Waals surface area (Å²) in [7, 11) is -4.46. The van der Waals surface area contributed by atoms with Crippen molar-refractivity contribution in [2.24, 2.45) is 5.28 Å². The maximum atomic E-state index is 13.5. The highest BCUT2D eigenvalue weighted by Crippen LogP contribution is 2.33. The fourth-order valence-corrected chi connectivity index (χ4v) is 4.57. The number of hydrogen-bond donors (Lipinski definition) is 1. The van der Waals surface area contributed by atoms with Gasteiger partial charge in [0.25, 0.3) is 22.7 Å². The van der Waals surface area contributed by atoms with Crippen molar-refractivity contribution in [1.29, 1.82) is 0 Å². The highest BCUT2D eigenvalue weighted by atomic mass is 32.2. The van der Waals surface area contributed by atoms with Crippen LogP contribution in [0.3, 0.4) is 0 Å². The Labute approximate surface area is 256 Å². The summed E-state index contributed by atoms with van der Waals surface area (Å²) in [5.74, 6) is -1.11. The maximum absolute atomic E-state index is 13.5. The van der Waals surface area contributed by atoms with Crippen molar-refractivity contribution in [1.82, 2.24) is 19.5 Å². The van der Waals surface area contributed by atoms with E-state index in [-0.39, 0.29) is 27.8 Å². The standard InChI is InChI=1S/C27H31F3N6O8S/c1-6-34(36(39)33-43-17-42-25(38)44-26(3,4)5)16-24(37)32-45(40,41)21-13-11-20(12-14-21)35-22(15-23(31-35)27(28,29)30)19-9-7-18(2)8-10-19/h7-15H,6,16-17H2,1-5H3,(H,32,37). The number of alkyl halides is 3. The number of nitrogens with zero attached hydrogens (tertiary/aromatic N) is 5. The summed E-state index contributed by atoms with van der Waals surface area (Å²) in [6.45, 7) is 6.50. The van der Waals surface area contributed by atoms with Crippen molar-refractivity contribution in [3.63, 3.8) is 0 Å². The second-order valence-corrected chi connectivity index (χ2v) is 12.1. The molecular formula is C27H31F3N6O8S. The first-order valence-corrected chi connectivity index (χ1v) is 14.7. The van der Waals surface area contributed by atoms with Crippen LogP contribution in [0.2, 0.25) is 0 Å². The molecule has 14 nitrogen and oxygen atoms in total. The smallest absolute Gasteiger partial charge is 0.511 e. The number of amides is 1. The molecule has 2 aromatic carbocycles. The van der Waals surface area contributed by atoms with Gasteiger partial charge in [0.2, 0.25) is 5.28 Å². The van der Waals surface area contributed by atoms with E-state index in [1.54, 1.807) is 45.0 Å². The molecular weight excluding hydrogens is 625 g/mol. The van der Waals surface area contributed by atoms with Gasteiger partial charge in [0, 0.05) is 5.56 Å². The van der Waals surface area contributed by atoms with Gasteiger partial charge in [-0.2, -0.15) is 18.3 Å². The maximum Gasteiger partial charge on any atom is 0.511 e. The first-order chi connectivity index (χ1) is 20.9. The van der Waals surface area contributed by atoms with E-state index in [1.807, 2.05) is 11.6 Å². The van der Waals surface area contributed by atoms with Crippen LogP contribution in [0, 0.1) is 12.1 Å². The van der Waals surface area contributed by atoms with Gasteiger partial charge >= 0.3 is 12.3 Å². The summed E-state index contributed by atoms with van der Waals surface area (Å²) in [5, 5.41) is 19.7. The number of carbonyl (C=O) groups is 2. The van der Waals surface area contributed by atoms with Crippen LogP contribution >= 0.6 is 0 Å². The molecule has 244 valence electrons. The number of nitrogens with one attached hydrogen (secondary N) is 1. The molecule has 1 aromatic heterocycles. The van der Waals surface area contributed by atoms with Gasteiger partial charge in [-0.25, -0.2) is 22.6 Å². The average molecular weight is 657 g/mol. The van der Waals surface area contributed by atoms with Crippen LogP contribution < -0.4 is 4.72 Å². The van der Waals surface area contributed by atoms with Crippen molar-refractivity contribution in [2.75, 3.05) is 19.9 Å². The van der Waals surface area contributed by atoms with Crippen LogP contribution in [0.4, 0.5) is 18.0 Å². The summed E-state index contributed by atoms with van der Waals surface area (Å²) in [6, 6.07) is 12.3. The number of aromatic nitrogens is 2. The SMILES string of the molecule is CCN(CC(=O)NS(=O)(=O)c1ccc(-n2nc(C(F)(F)F)cc2-c2ccc(C)cc2)cc1)[N+]([O-])=NOCOC(=O)OC(C)(C)C. The van der Waals surface area contributed by atoms with Crippen LogP contribution in [0.5, 0.6) is 0 Å². The van der Waals surface area contributed by atoms with Crippen LogP contribution in [0.25, 0.3) is 16.9 Å². The summed E-state index contributed by atoms with van der Waals surface area (Å²) in [6.07, 6.45) is -5.79. The normalized spacial score (nSPS) is 12.4. The molecule has 0 radical (unpaired) electrons. The summed E-state index contributed by atoms with van der Waals surface area (Å²) >= 11 is 0. The highest BCUT2D eigenvalue weighted by molar-refractivity contribution is 7.90. The molecule has 0 aliphatic heterocycles. The number of carbonyl (C=O) groups excluding carboxylic acids is 2. The molecule has 0 spiro atoms. The Morgan fingerprint density at radius 3 is 2.27 bits per heavy atom. The molecule has 45 heavy (non-hydrogen) atoms. The van der Waals surface area contributed by atoms with E-state index in [4.69, 9.17) is 4.74 Å². The third-order valence-electron chi connectivity index (χ3n) is 5.67. The molecule has 1 amide bonds. The van der Waals surface area contributed by atoms with Crippen LogP contribution in [-0.4, -0.2) is 65.7 Å². The van der Waals surface area contributed by atoms with E-state index in [0.717, 1.165) is 33.5 Å². The Kier molecular flexibility index (Phi) is 10.6. The Morgan fingerprint density at radius 2 is 1.71 bits per heavy atom. The van der Waals surface area contributed by atoms with Crippen LogP contribution in [-0.2, 0) is 35.3 Å². The van der Waals surface area contributed by atoms with Crippen molar-refractivity contribution in [3.8, 4) is 16.9 Å². The molecule has 0 unspecified atom stereocenters. The number of likely N-dealkylation sites (N-methyl/N-ethyl adjacent to an activating group) is 1. The van der Waals surface area contributed by atoms with Crippen molar-refractivity contribution >= 4 is 22.1 Å². The Hall–Kier alpha value is -4.87. The number of halogens is 3. The van der Waals surface area contributed by atoms with Gasteiger partial charge in [0.05, 0.1) is 27.8 Å². The summed E-state index contributed by atoms with van der Waals surface area (Å²) in [5.41, 5.74) is -0.355. The Morgan fingerprint density at radius 1 is 1.09 bits per heavy atom. The van der Waals surface area contributed by atoms with E-state index in [1.165, 1.54) is 19.1 Å². The van der Waals surface area contributed by atoms with Crippen molar-refractivity contribution in [2.45, 2.75) is 51.3 Å². The van der Waals surface area contributed by atoms with Crippen LogP contribution in [0.15, 0.2) is 64.8 Å². The summed E-state index contributed by atoms with van der Waals surface area (Å²) < 4.78 is 78.4. The first-order valence-electron chi connectivity index (χ1n) is 13.2. The van der Waals surface area contributed by atoms with Gasteiger partial charge in [0.15, 0.2) is 12.2 Å². The quantitative estimate of drug-likeness (QED) is 0.0762. The fourth-order valence-electron chi connectivity index (χ4n) is 3.59. The number of hydrogen-bond acceptors (Lipinski definition) is 10. The highest BCUT2D eigenvalue weighted by Gasteiger charge is 2.35. The zero-order valence-corrected chi connectivity index (χ0v) is 25.7. The second kappa shape index (κ2) is 13.8. The monoisotopic (exact) mass is 656 g/mol. The van der Waals surface area contributed by atoms with Gasteiger partial charge in [0.1, 0.15) is 5.60 Å². The van der Waals surface area contributed by atoms with Gasteiger partial charge in [-0.1, -0.05) is 29.8 Å². The third-order valence-corrected chi connectivity index (χ3v) is 7.06. The lowest BCUT2D eigenvalue weighted by Gasteiger charge is -2.18. The predicted molar refractivity (Wildman–Crippen MR) is 151 cm³/mol. The number of benzene rings is 2. The fraction of sp³-hybridized carbons (Fsp3) is 0.370.